The summed E-state index contributed by atoms with van der Waals surface area (Å²) in [5.41, 5.74) is 0.348. The number of ether oxygens (including phenoxy) is 3. The second kappa shape index (κ2) is 5.63. The fourth-order valence-electron chi connectivity index (χ4n) is 2.50. The van der Waals surface area contributed by atoms with Crippen LogP contribution in [0.25, 0.3) is 0 Å². The van der Waals surface area contributed by atoms with Crippen LogP contribution in [0.3, 0.4) is 0 Å². The van der Waals surface area contributed by atoms with Crippen LogP contribution in [0, 0.1) is 0 Å². The number of carbonyl (C=O) groups excluding carboxylic acids is 2. The summed E-state index contributed by atoms with van der Waals surface area (Å²) in [5.74, 6) is 0.450. The van der Waals surface area contributed by atoms with Crippen LogP contribution in [0.4, 0.5) is 0 Å². The molecule has 1 saturated heterocycles. The third kappa shape index (κ3) is 2.79. The van der Waals surface area contributed by atoms with E-state index in [1.54, 1.807) is 30.0 Å². The molecule has 1 aromatic carbocycles. The molecule has 2 aliphatic heterocycles. The highest BCUT2D eigenvalue weighted by molar-refractivity contribution is 5.93. The van der Waals surface area contributed by atoms with Crippen molar-refractivity contribution in [2.45, 2.75) is 25.9 Å². The lowest BCUT2D eigenvalue weighted by molar-refractivity contribution is -0.138. The monoisotopic (exact) mass is 291 g/mol. The van der Waals surface area contributed by atoms with E-state index in [4.69, 9.17) is 14.2 Å². The molecule has 1 fully saturated rings. The predicted octanol–water partition coefficient (Wildman–Crippen LogP) is 1.58. The molecule has 1 amide bonds. The molecular formula is C15H17NO5. The van der Waals surface area contributed by atoms with Crippen molar-refractivity contribution in [2.75, 3.05) is 19.9 Å². The molecule has 0 radical (unpaired) electrons. The van der Waals surface area contributed by atoms with Crippen LogP contribution in [0.1, 0.15) is 30.1 Å². The Kier molecular flexibility index (Phi) is 3.68. The van der Waals surface area contributed by atoms with E-state index in [-0.39, 0.29) is 12.7 Å². The summed E-state index contributed by atoms with van der Waals surface area (Å²) in [4.78, 5) is 25.9. The average Bonchev–Trinajstić information content (AvgIpc) is 3.16. The van der Waals surface area contributed by atoms with Gasteiger partial charge < -0.3 is 19.1 Å². The molecular weight excluding hydrogens is 274 g/mol. The van der Waals surface area contributed by atoms with Gasteiger partial charge in [-0.1, -0.05) is 0 Å². The zero-order chi connectivity index (χ0) is 14.8. The van der Waals surface area contributed by atoms with Gasteiger partial charge >= 0.3 is 5.97 Å². The summed E-state index contributed by atoms with van der Waals surface area (Å²) >= 11 is 0. The fraction of sp³-hybridized carbons (Fsp3) is 0.467. The highest BCUT2D eigenvalue weighted by Gasteiger charge is 2.27. The Morgan fingerprint density at radius 1 is 1.19 bits per heavy atom. The molecule has 1 aromatic rings. The third-order valence-corrected chi connectivity index (χ3v) is 3.66. The summed E-state index contributed by atoms with van der Waals surface area (Å²) in [5, 5.41) is 0. The number of benzene rings is 1. The van der Waals surface area contributed by atoms with Gasteiger partial charge in [-0.2, -0.15) is 0 Å². The van der Waals surface area contributed by atoms with Crippen LogP contribution in [0.15, 0.2) is 18.2 Å². The van der Waals surface area contributed by atoms with Crippen molar-refractivity contribution in [1.29, 1.82) is 0 Å². The van der Waals surface area contributed by atoms with Gasteiger partial charge in [0.25, 0.3) is 5.91 Å². The fourth-order valence-corrected chi connectivity index (χ4v) is 2.50. The lowest BCUT2D eigenvalue weighted by atomic mass is 10.2. The van der Waals surface area contributed by atoms with E-state index >= 15 is 0 Å². The van der Waals surface area contributed by atoms with Crippen molar-refractivity contribution in [3.05, 3.63) is 23.8 Å². The third-order valence-electron chi connectivity index (χ3n) is 3.66. The second-order valence-electron chi connectivity index (χ2n) is 5.15. The largest absolute Gasteiger partial charge is 0.454 e. The van der Waals surface area contributed by atoms with Crippen LogP contribution in [-0.2, 0) is 9.53 Å². The van der Waals surface area contributed by atoms with Crippen molar-refractivity contribution in [1.82, 2.24) is 4.90 Å². The van der Waals surface area contributed by atoms with Crippen molar-refractivity contribution in [3.63, 3.8) is 0 Å². The highest BCUT2D eigenvalue weighted by atomic mass is 16.7. The number of fused-ring (bicyclic) bond motifs is 1. The van der Waals surface area contributed by atoms with E-state index in [1.165, 1.54) is 0 Å². The van der Waals surface area contributed by atoms with Crippen molar-refractivity contribution >= 4 is 11.9 Å². The normalized spacial score (nSPS) is 17.7. The molecule has 6 nitrogen and oxygen atoms in total. The quantitative estimate of drug-likeness (QED) is 0.791. The first kappa shape index (κ1) is 13.7. The van der Waals surface area contributed by atoms with Gasteiger partial charge in [-0.3, -0.25) is 4.79 Å². The minimum absolute atomic E-state index is 0.137. The first-order valence-electron chi connectivity index (χ1n) is 7.04. The molecule has 0 bridgehead atoms. The molecule has 1 atom stereocenters. The second-order valence-corrected chi connectivity index (χ2v) is 5.15. The highest BCUT2D eigenvalue weighted by Crippen LogP contribution is 2.32. The number of hydrogen-bond acceptors (Lipinski definition) is 5. The first-order chi connectivity index (χ1) is 10.1. The van der Waals surface area contributed by atoms with Crippen molar-refractivity contribution in [3.8, 4) is 11.5 Å². The molecule has 3 rings (SSSR count). The SMILES string of the molecule is CC(OC(=O)c1ccc2c(c1)OCO2)C(=O)N1CCCC1. The Morgan fingerprint density at radius 3 is 2.67 bits per heavy atom. The van der Waals surface area contributed by atoms with Crippen LogP contribution in [0.2, 0.25) is 0 Å². The van der Waals surface area contributed by atoms with E-state index in [0.29, 0.717) is 17.1 Å². The maximum Gasteiger partial charge on any atom is 0.339 e. The molecule has 0 N–H and O–H groups in total. The lowest BCUT2D eigenvalue weighted by Crippen LogP contribution is -2.38. The molecule has 2 heterocycles. The Labute approximate surface area is 122 Å². The smallest absolute Gasteiger partial charge is 0.339 e. The first-order valence-corrected chi connectivity index (χ1v) is 7.04. The number of carbonyl (C=O) groups is 2. The van der Waals surface area contributed by atoms with Gasteiger partial charge in [0.1, 0.15) is 0 Å². The zero-order valence-corrected chi connectivity index (χ0v) is 11.8. The molecule has 2 aliphatic rings. The average molecular weight is 291 g/mol. The van der Waals surface area contributed by atoms with Gasteiger partial charge in [0.05, 0.1) is 5.56 Å². The van der Waals surface area contributed by atoms with Crippen molar-refractivity contribution in [2.24, 2.45) is 0 Å². The predicted molar refractivity (Wildman–Crippen MR) is 73.3 cm³/mol. The van der Waals surface area contributed by atoms with Gasteiger partial charge in [-0.05, 0) is 38.0 Å². The van der Waals surface area contributed by atoms with Crippen LogP contribution >= 0.6 is 0 Å². The topological polar surface area (TPSA) is 65.1 Å². The Bertz CT molecular complexity index is 565. The molecule has 112 valence electrons. The minimum atomic E-state index is -0.777. The van der Waals surface area contributed by atoms with Gasteiger partial charge in [0, 0.05) is 13.1 Å². The summed E-state index contributed by atoms with van der Waals surface area (Å²) in [7, 11) is 0. The maximum atomic E-state index is 12.1. The number of nitrogens with zero attached hydrogens (tertiary/aromatic N) is 1. The van der Waals surface area contributed by atoms with Crippen LogP contribution < -0.4 is 9.47 Å². The number of hydrogen-bond donors (Lipinski definition) is 0. The lowest BCUT2D eigenvalue weighted by Gasteiger charge is -2.20. The Balaban J connectivity index is 1.64. The van der Waals surface area contributed by atoms with E-state index < -0.39 is 12.1 Å². The zero-order valence-electron chi connectivity index (χ0n) is 11.8. The molecule has 6 heteroatoms. The van der Waals surface area contributed by atoms with E-state index in [2.05, 4.69) is 0 Å². The number of rotatable bonds is 3. The Hall–Kier alpha value is -2.24. The maximum absolute atomic E-state index is 12.1. The van der Waals surface area contributed by atoms with Crippen LogP contribution in [0.5, 0.6) is 11.5 Å². The van der Waals surface area contributed by atoms with Gasteiger partial charge in [0.15, 0.2) is 17.6 Å². The summed E-state index contributed by atoms with van der Waals surface area (Å²) in [6.07, 6.45) is 1.24. The summed E-state index contributed by atoms with van der Waals surface area (Å²) < 4.78 is 15.6. The molecule has 1 unspecified atom stereocenters. The van der Waals surface area contributed by atoms with E-state index in [1.807, 2.05) is 0 Å². The molecule has 0 spiro atoms. The molecule has 0 aromatic heterocycles. The van der Waals surface area contributed by atoms with Crippen molar-refractivity contribution < 1.29 is 23.8 Å². The van der Waals surface area contributed by atoms with Gasteiger partial charge in [0.2, 0.25) is 6.79 Å². The summed E-state index contributed by atoms with van der Waals surface area (Å²) in [6, 6.07) is 4.83. The van der Waals surface area contributed by atoms with Gasteiger partial charge in [-0.15, -0.1) is 0 Å². The molecule has 0 aliphatic carbocycles. The number of likely N-dealkylation sites (tertiary alicyclic amines) is 1. The number of amides is 1. The summed E-state index contributed by atoms with van der Waals surface area (Å²) in [6.45, 7) is 3.23. The van der Waals surface area contributed by atoms with E-state index in [0.717, 1.165) is 25.9 Å². The Morgan fingerprint density at radius 2 is 1.90 bits per heavy atom. The van der Waals surface area contributed by atoms with Crippen LogP contribution in [-0.4, -0.2) is 42.8 Å². The molecule has 21 heavy (non-hydrogen) atoms. The molecule has 0 saturated carbocycles. The standard InChI is InChI=1S/C15H17NO5/c1-10(14(17)16-6-2-3-7-16)21-15(18)11-4-5-12-13(8-11)20-9-19-12/h4-5,8,10H,2-3,6-7,9H2,1H3. The number of esters is 1. The van der Waals surface area contributed by atoms with E-state index in [9.17, 15) is 9.59 Å². The minimum Gasteiger partial charge on any atom is -0.454 e. The van der Waals surface area contributed by atoms with Gasteiger partial charge in [-0.25, -0.2) is 4.79 Å².